The maximum atomic E-state index is 9.94. The fraction of sp³-hybridized carbons (Fsp3) is 0.318. The average Bonchev–Trinajstić information content (AvgIpc) is 2.93. The first-order chi connectivity index (χ1) is 14.7. The van der Waals surface area contributed by atoms with Crippen molar-refractivity contribution in [1.82, 2.24) is 15.2 Å². The molecule has 2 heterocycles. The van der Waals surface area contributed by atoms with Crippen LogP contribution in [0.3, 0.4) is 0 Å². The summed E-state index contributed by atoms with van der Waals surface area (Å²) < 4.78 is 11.5. The van der Waals surface area contributed by atoms with Crippen LogP contribution in [0.4, 0.5) is 5.69 Å². The van der Waals surface area contributed by atoms with Gasteiger partial charge < -0.3 is 19.9 Å². The highest BCUT2D eigenvalue weighted by atomic mass is 32.2. The van der Waals surface area contributed by atoms with E-state index in [0.29, 0.717) is 22.5 Å². The zero-order chi connectivity index (χ0) is 20.9. The number of unbranched alkanes of at least 4 members (excludes halogenated alkanes) is 2. The van der Waals surface area contributed by atoms with Gasteiger partial charge in [-0.05, 0) is 30.7 Å². The van der Waals surface area contributed by atoms with E-state index in [4.69, 9.17) is 9.47 Å². The highest BCUT2D eigenvalue weighted by molar-refractivity contribution is 7.99. The lowest BCUT2D eigenvalue weighted by molar-refractivity contribution is 0.224. The number of aromatic hydroxyl groups is 1. The molecule has 4 rings (SSSR count). The standard InChI is InChI=1S/C22H24N4O3S/c1-3-4-7-12-30-22-24-21-19(25-26-22)15-8-5-6-9-16(15)23-20(29-21)14-10-11-17(27)18(13-14)28-2/h5-6,8-11,13,20,23,27H,3-4,7,12H2,1-2H3/t20-/m1/s1. The molecule has 156 valence electrons. The molecule has 0 saturated heterocycles. The number of para-hydroxylation sites is 1. The molecule has 0 radical (unpaired) electrons. The zero-order valence-electron chi connectivity index (χ0n) is 17.0. The zero-order valence-corrected chi connectivity index (χ0v) is 17.8. The van der Waals surface area contributed by atoms with Gasteiger partial charge in [0.2, 0.25) is 11.0 Å². The number of hydrogen-bond acceptors (Lipinski definition) is 8. The van der Waals surface area contributed by atoms with Crippen LogP contribution >= 0.6 is 11.8 Å². The summed E-state index contributed by atoms with van der Waals surface area (Å²) in [5, 5.41) is 22.7. The predicted octanol–water partition coefficient (Wildman–Crippen LogP) is 5.04. The number of phenolic OH excluding ortho intramolecular Hbond substituents is 1. The summed E-state index contributed by atoms with van der Waals surface area (Å²) in [4.78, 5) is 4.65. The van der Waals surface area contributed by atoms with Gasteiger partial charge in [-0.25, -0.2) is 0 Å². The first-order valence-electron chi connectivity index (χ1n) is 9.96. The van der Waals surface area contributed by atoms with Crippen molar-refractivity contribution in [1.29, 1.82) is 0 Å². The van der Waals surface area contributed by atoms with Gasteiger partial charge in [0.1, 0.15) is 0 Å². The van der Waals surface area contributed by atoms with E-state index < -0.39 is 6.23 Å². The Kier molecular flexibility index (Phi) is 6.23. The van der Waals surface area contributed by atoms with Crippen LogP contribution in [0.5, 0.6) is 17.4 Å². The number of hydrogen-bond donors (Lipinski definition) is 2. The molecule has 0 bridgehead atoms. The minimum atomic E-state index is -0.531. The van der Waals surface area contributed by atoms with E-state index >= 15 is 0 Å². The monoisotopic (exact) mass is 424 g/mol. The lowest BCUT2D eigenvalue weighted by atomic mass is 10.1. The van der Waals surface area contributed by atoms with Crippen LogP contribution in [0, 0.1) is 0 Å². The molecular weight excluding hydrogens is 400 g/mol. The Morgan fingerprint density at radius 1 is 1.17 bits per heavy atom. The fourth-order valence-corrected chi connectivity index (χ4v) is 4.01. The number of nitrogens with zero attached hydrogens (tertiary/aromatic N) is 3. The van der Waals surface area contributed by atoms with E-state index in [-0.39, 0.29) is 5.75 Å². The van der Waals surface area contributed by atoms with Crippen LogP contribution in [-0.4, -0.2) is 33.2 Å². The number of fused-ring (bicyclic) bond motifs is 3. The van der Waals surface area contributed by atoms with Crippen molar-refractivity contribution >= 4 is 17.4 Å². The van der Waals surface area contributed by atoms with Gasteiger partial charge in [0, 0.05) is 22.6 Å². The summed E-state index contributed by atoms with van der Waals surface area (Å²) in [6.07, 6.45) is 2.94. The first kappa shape index (κ1) is 20.3. The number of nitrogens with one attached hydrogen (secondary N) is 1. The molecule has 1 aromatic heterocycles. The molecule has 0 aliphatic carbocycles. The third-order valence-corrected chi connectivity index (χ3v) is 5.74. The summed E-state index contributed by atoms with van der Waals surface area (Å²) in [7, 11) is 1.52. The molecule has 0 fully saturated rings. The Balaban J connectivity index is 1.69. The Morgan fingerprint density at radius 3 is 2.87 bits per heavy atom. The minimum absolute atomic E-state index is 0.0745. The summed E-state index contributed by atoms with van der Waals surface area (Å²) >= 11 is 1.59. The van der Waals surface area contributed by atoms with Crippen molar-refractivity contribution in [2.75, 3.05) is 18.2 Å². The molecule has 0 amide bonds. The maximum Gasteiger partial charge on any atom is 0.247 e. The molecule has 2 N–H and O–H groups in total. The molecule has 1 aliphatic heterocycles. The van der Waals surface area contributed by atoms with Gasteiger partial charge in [0.25, 0.3) is 0 Å². The molecule has 3 aromatic rings. The summed E-state index contributed by atoms with van der Waals surface area (Å²) in [5.41, 5.74) is 3.14. The van der Waals surface area contributed by atoms with Crippen LogP contribution in [-0.2, 0) is 0 Å². The molecule has 0 spiro atoms. The third kappa shape index (κ3) is 4.28. The van der Waals surface area contributed by atoms with Crippen molar-refractivity contribution in [3.8, 4) is 28.6 Å². The number of ether oxygens (including phenoxy) is 2. The molecule has 30 heavy (non-hydrogen) atoms. The van der Waals surface area contributed by atoms with Crippen molar-refractivity contribution in [2.45, 2.75) is 37.6 Å². The van der Waals surface area contributed by atoms with E-state index in [2.05, 4.69) is 27.4 Å². The van der Waals surface area contributed by atoms with E-state index in [1.54, 1.807) is 30.0 Å². The van der Waals surface area contributed by atoms with E-state index in [1.165, 1.54) is 20.0 Å². The van der Waals surface area contributed by atoms with Gasteiger partial charge in [0.15, 0.2) is 23.4 Å². The smallest absolute Gasteiger partial charge is 0.247 e. The van der Waals surface area contributed by atoms with Crippen molar-refractivity contribution in [3.63, 3.8) is 0 Å². The Labute approximate surface area is 179 Å². The van der Waals surface area contributed by atoms with Crippen molar-refractivity contribution < 1.29 is 14.6 Å². The van der Waals surface area contributed by atoms with E-state index in [1.807, 2.05) is 24.3 Å². The minimum Gasteiger partial charge on any atom is -0.504 e. The molecule has 0 unspecified atom stereocenters. The Bertz CT molecular complexity index is 1030. The van der Waals surface area contributed by atoms with E-state index in [0.717, 1.165) is 29.0 Å². The van der Waals surface area contributed by atoms with Crippen molar-refractivity contribution in [3.05, 3.63) is 48.0 Å². The molecular formula is C22H24N4O3S. The van der Waals surface area contributed by atoms with Crippen LogP contribution < -0.4 is 14.8 Å². The third-order valence-electron chi connectivity index (χ3n) is 4.82. The van der Waals surface area contributed by atoms with Crippen LogP contribution in [0.25, 0.3) is 11.3 Å². The van der Waals surface area contributed by atoms with Crippen LogP contribution in [0.2, 0.25) is 0 Å². The normalized spacial score (nSPS) is 14.7. The first-order valence-corrected chi connectivity index (χ1v) is 10.9. The van der Waals surface area contributed by atoms with E-state index in [9.17, 15) is 5.11 Å². The fourth-order valence-electron chi connectivity index (χ4n) is 3.23. The highest BCUT2D eigenvalue weighted by Crippen LogP contribution is 2.40. The second-order valence-electron chi connectivity index (χ2n) is 6.92. The maximum absolute atomic E-state index is 9.94. The highest BCUT2D eigenvalue weighted by Gasteiger charge is 2.26. The predicted molar refractivity (Wildman–Crippen MR) is 117 cm³/mol. The summed E-state index contributed by atoms with van der Waals surface area (Å²) in [6, 6.07) is 13.0. The number of anilines is 1. The SMILES string of the molecule is CCCCCSc1nnc2c(n1)O[C@H](c1ccc(O)c(OC)c1)Nc1ccccc1-2. The summed E-state index contributed by atoms with van der Waals surface area (Å²) in [6.45, 7) is 2.18. The quantitative estimate of drug-likeness (QED) is 0.403. The average molecular weight is 425 g/mol. The topological polar surface area (TPSA) is 89.4 Å². The van der Waals surface area contributed by atoms with Gasteiger partial charge >= 0.3 is 0 Å². The molecule has 1 atom stereocenters. The molecule has 8 heteroatoms. The van der Waals surface area contributed by atoms with Crippen LogP contribution in [0.15, 0.2) is 47.6 Å². The van der Waals surface area contributed by atoms with Gasteiger partial charge in [-0.1, -0.05) is 49.7 Å². The Hall–Kier alpha value is -3.00. The Morgan fingerprint density at radius 2 is 2.03 bits per heavy atom. The number of aromatic nitrogens is 3. The molecule has 2 aromatic carbocycles. The molecule has 0 saturated carbocycles. The second kappa shape index (κ2) is 9.21. The summed E-state index contributed by atoms with van der Waals surface area (Å²) in [5.74, 6) is 1.83. The van der Waals surface area contributed by atoms with Gasteiger partial charge in [-0.3, -0.25) is 0 Å². The number of thioether (sulfide) groups is 1. The largest absolute Gasteiger partial charge is 0.504 e. The van der Waals surface area contributed by atoms with Crippen molar-refractivity contribution in [2.24, 2.45) is 0 Å². The number of rotatable bonds is 7. The second-order valence-corrected chi connectivity index (χ2v) is 7.98. The van der Waals surface area contributed by atoms with Crippen LogP contribution in [0.1, 0.15) is 38.0 Å². The van der Waals surface area contributed by atoms with Gasteiger partial charge in [0.05, 0.1) is 7.11 Å². The molecule has 7 nitrogen and oxygen atoms in total. The number of phenols is 1. The number of benzene rings is 2. The lowest BCUT2D eigenvalue weighted by Crippen LogP contribution is -2.17. The lowest BCUT2D eigenvalue weighted by Gasteiger charge is -2.20. The molecule has 1 aliphatic rings. The van der Waals surface area contributed by atoms with Gasteiger partial charge in [-0.2, -0.15) is 4.98 Å². The van der Waals surface area contributed by atoms with Gasteiger partial charge in [-0.15, -0.1) is 10.2 Å². The number of methoxy groups -OCH3 is 1.